The van der Waals surface area contributed by atoms with Gasteiger partial charge in [-0.05, 0) is 42.8 Å². The van der Waals surface area contributed by atoms with Gasteiger partial charge in [-0.3, -0.25) is 4.79 Å². The van der Waals surface area contributed by atoms with Crippen LogP contribution in [-0.4, -0.2) is 26.3 Å². The molecule has 2 aromatic carbocycles. The zero-order valence-corrected chi connectivity index (χ0v) is 14.3. The summed E-state index contributed by atoms with van der Waals surface area (Å²) in [5, 5.41) is 0.443. The molecular weight excluding hydrogens is 337 g/mol. The Morgan fingerprint density at radius 3 is 2.69 bits per heavy atom. The molecule has 0 amide bonds. The Hall–Kier alpha value is -2.86. The Bertz CT molecular complexity index is 1010. The number of ether oxygens (including phenoxy) is 2. The minimum atomic E-state index is -0.295. The van der Waals surface area contributed by atoms with Gasteiger partial charge in [-0.2, -0.15) is 0 Å². The van der Waals surface area contributed by atoms with E-state index in [-0.39, 0.29) is 11.2 Å². The third-order valence-electron chi connectivity index (χ3n) is 4.39. The number of rotatable bonds is 3. The summed E-state index contributed by atoms with van der Waals surface area (Å²) in [5.41, 5.74) is 0.732. The topological polar surface area (TPSA) is 51.9 Å². The number of aryl methyl sites for hydroxylation is 1. The molecule has 0 bridgehead atoms. The summed E-state index contributed by atoms with van der Waals surface area (Å²) in [7, 11) is 0. The van der Waals surface area contributed by atoms with Crippen LogP contribution in [0.5, 0.6) is 11.5 Å². The number of halogens is 1. The molecule has 1 aromatic heterocycles. The SMILES string of the molecule is Cc1cc(Oc2cccc3c(=O)cc(N4CCOCC4)oc23)ccc1F. The van der Waals surface area contributed by atoms with Gasteiger partial charge in [-0.1, -0.05) is 6.07 Å². The number of para-hydroxylation sites is 1. The largest absolute Gasteiger partial charge is 0.453 e. The van der Waals surface area contributed by atoms with Crippen LogP contribution in [0.4, 0.5) is 10.3 Å². The van der Waals surface area contributed by atoms with Crippen molar-refractivity contribution in [1.29, 1.82) is 0 Å². The highest BCUT2D eigenvalue weighted by atomic mass is 19.1. The van der Waals surface area contributed by atoms with Crippen LogP contribution in [0.25, 0.3) is 11.0 Å². The molecule has 5 nitrogen and oxygen atoms in total. The molecule has 4 rings (SSSR count). The van der Waals surface area contributed by atoms with Gasteiger partial charge >= 0.3 is 0 Å². The Morgan fingerprint density at radius 1 is 1.12 bits per heavy atom. The lowest BCUT2D eigenvalue weighted by atomic mass is 10.2. The zero-order chi connectivity index (χ0) is 18.1. The van der Waals surface area contributed by atoms with Crippen LogP contribution in [0.3, 0.4) is 0 Å². The molecule has 1 fully saturated rings. The number of anilines is 1. The first-order valence-electron chi connectivity index (χ1n) is 8.45. The standard InChI is InChI=1S/C20H18FNO4/c1-13-11-14(5-6-16(13)21)25-18-4-2-3-15-17(23)12-19(26-20(15)18)22-7-9-24-10-8-22/h2-6,11-12H,7-10H2,1H3. The van der Waals surface area contributed by atoms with E-state index in [0.717, 1.165) is 0 Å². The Labute approximate surface area is 149 Å². The number of hydrogen-bond acceptors (Lipinski definition) is 5. The van der Waals surface area contributed by atoms with Crippen LogP contribution in [-0.2, 0) is 4.74 Å². The highest BCUT2D eigenvalue weighted by Crippen LogP contribution is 2.31. The lowest BCUT2D eigenvalue weighted by Crippen LogP contribution is -2.36. The Morgan fingerprint density at radius 2 is 1.92 bits per heavy atom. The smallest absolute Gasteiger partial charge is 0.200 e. The summed E-state index contributed by atoms with van der Waals surface area (Å²) < 4.78 is 30.7. The van der Waals surface area contributed by atoms with Crippen molar-refractivity contribution >= 4 is 16.9 Å². The molecule has 1 aliphatic heterocycles. The van der Waals surface area contributed by atoms with E-state index >= 15 is 0 Å². The van der Waals surface area contributed by atoms with Crippen molar-refractivity contribution in [1.82, 2.24) is 0 Å². The molecule has 0 radical (unpaired) electrons. The van der Waals surface area contributed by atoms with E-state index in [9.17, 15) is 9.18 Å². The number of benzene rings is 2. The second-order valence-electron chi connectivity index (χ2n) is 6.19. The molecule has 0 spiro atoms. The molecule has 3 aromatic rings. The van der Waals surface area contributed by atoms with Gasteiger partial charge in [0.2, 0.25) is 0 Å². The van der Waals surface area contributed by atoms with Gasteiger partial charge in [0.15, 0.2) is 22.6 Å². The van der Waals surface area contributed by atoms with Crippen LogP contribution in [0.1, 0.15) is 5.56 Å². The number of hydrogen-bond donors (Lipinski definition) is 0. The Kier molecular flexibility index (Phi) is 4.34. The van der Waals surface area contributed by atoms with Gasteiger partial charge in [-0.25, -0.2) is 4.39 Å². The van der Waals surface area contributed by atoms with Crippen molar-refractivity contribution < 1.29 is 18.3 Å². The maximum atomic E-state index is 13.5. The third-order valence-corrected chi connectivity index (χ3v) is 4.39. The highest BCUT2D eigenvalue weighted by molar-refractivity contribution is 5.83. The van der Waals surface area contributed by atoms with Crippen molar-refractivity contribution in [3.05, 3.63) is 64.1 Å². The van der Waals surface area contributed by atoms with Gasteiger partial charge in [-0.15, -0.1) is 0 Å². The van der Waals surface area contributed by atoms with Gasteiger partial charge < -0.3 is 18.8 Å². The van der Waals surface area contributed by atoms with Crippen LogP contribution < -0.4 is 15.1 Å². The number of fused-ring (bicyclic) bond motifs is 1. The maximum absolute atomic E-state index is 13.5. The highest BCUT2D eigenvalue weighted by Gasteiger charge is 2.17. The Balaban J connectivity index is 1.77. The molecule has 0 N–H and O–H groups in total. The molecular formula is C20H18FNO4. The minimum absolute atomic E-state index is 0.131. The third kappa shape index (κ3) is 3.15. The molecule has 26 heavy (non-hydrogen) atoms. The van der Waals surface area contributed by atoms with E-state index in [0.29, 0.717) is 60.2 Å². The van der Waals surface area contributed by atoms with E-state index in [1.54, 1.807) is 37.3 Å². The van der Waals surface area contributed by atoms with E-state index in [2.05, 4.69) is 0 Å². The molecule has 0 aliphatic carbocycles. The maximum Gasteiger partial charge on any atom is 0.200 e. The average Bonchev–Trinajstić information content (AvgIpc) is 2.66. The van der Waals surface area contributed by atoms with Gasteiger partial charge in [0, 0.05) is 19.2 Å². The van der Waals surface area contributed by atoms with E-state index in [1.807, 2.05) is 4.90 Å². The molecule has 6 heteroatoms. The van der Waals surface area contributed by atoms with Crippen molar-refractivity contribution in [3.63, 3.8) is 0 Å². The average molecular weight is 355 g/mol. The summed E-state index contributed by atoms with van der Waals surface area (Å²) in [6.07, 6.45) is 0. The van der Waals surface area contributed by atoms with Crippen molar-refractivity contribution in [2.75, 3.05) is 31.2 Å². The lowest BCUT2D eigenvalue weighted by molar-refractivity contribution is 0.121. The zero-order valence-electron chi connectivity index (χ0n) is 14.3. The van der Waals surface area contributed by atoms with E-state index in [1.165, 1.54) is 12.1 Å². The van der Waals surface area contributed by atoms with Crippen LogP contribution in [0, 0.1) is 12.7 Å². The quantitative estimate of drug-likeness (QED) is 0.714. The summed E-state index contributed by atoms with van der Waals surface area (Å²) in [5.74, 6) is 1.10. The fraction of sp³-hybridized carbons (Fsp3) is 0.250. The molecule has 134 valence electrons. The second-order valence-corrected chi connectivity index (χ2v) is 6.19. The molecule has 0 unspecified atom stereocenters. The van der Waals surface area contributed by atoms with Gasteiger partial charge in [0.1, 0.15) is 11.6 Å². The van der Waals surface area contributed by atoms with Crippen LogP contribution >= 0.6 is 0 Å². The normalized spacial score (nSPS) is 14.6. The van der Waals surface area contributed by atoms with Gasteiger partial charge in [0.05, 0.1) is 18.6 Å². The first-order valence-corrected chi connectivity index (χ1v) is 8.45. The second kappa shape index (κ2) is 6.80. The summed E-state index contributed by atoms with van der Waals surface area (Å²) in [6, 6.07) is 11.2. The predicted octanol–water partition coefficient (Wildman–Crippen LogP) is 3.87. The van der Waals surface area contributed by atoms with Crippen molar-refractivity contribution in [3.8, 4) is 11.5 Å². The predicted molar refractivity (Wildman–Crippen MR) is 96.7 cm³/mol. The van der Waals surface area contributed by atoms with Crippen molar-refractivity contribution in [2.24, 2.45) is 0 Å². The van der Waals surface area contributed by atoms with Crippen LogP contribution in [0.2, 0.25) is 0 Å². The van der Waals surface area contributed by atoms with E-state index < -0.39 is 0 Å². The van der Waals surface area contributed by atoms with Crippen molar-refractivity contribution in [2.45, 2.75) is 6.92 Å². The number of morpholine rings is 1. The van der Waals surface area contributed by atoms with Crippen LogP contribution in [0.15, 0.2) is 51.7 Å². The molecule has 2 heterocycles. The molecule has 1 saturated heterocycles. The molecule has 1 aliphatic rings. The summed E-state index contributed by atoms with van der Waals surface area (Å²) in [4.78, 5) is 14.5. The minimum Gasteiger partial charge on any atom is -0.453 e. The fourth-order valence-corrected chi connectivity index (χ4v) is 2.97. The summed E-state index contributed by atoms with van der Waals surface area (Å²) in [6.45, 7) is 4.18. The van der Waals surface area contributed by atoms with Gasteiger partial charge in [0.25, 0.3) is 0 Å². The van der Waals surface area contributed by atoms with E-state index in [4.69, 9.17) is 13.9 Å². The summed E-state index contributed by atoms with van der Waals surface area (Å²) >= 11 is 0. The fourth-order valence-electron chi connectivity index (χ4n) is 2.97. The monoisotopic (exact) mass is 355 g/mol. The molecule has 0 saturated carbocycles. The number of nitrogens with zero attached hydrogens (tertiary/aromatic N) is 1. The molecule has 0 atom stereocenters. The first kappa shape index (κ1) is 16.6. The lowest BCUT2D eigenvalue weighted by Gasteiger charge is -2.27. The first-order chi connectivity index (χ1) is 12.6.